The first-order valence-electron chi connectivity index (χ1n) is 7.45. The zero-order valence-corrected chi connectivity index (χ0v) is 14.6. The summed E-state index contributed by atoms with van der Waals surface area (Å²) in [4.78, 5) is 41.6. The van der Waals surface area contributed by atoms with Crippen molar-refractivity contribution in [2.45, 2.75) is 46.1 Å². The van der Waals surface area contributed by atoms with Gasteiger partial charge in [0.25, 0.3) is 0 Å². The number of fused-ring (bicyclic) bond motifs is 1. The standard InChI is InChI=1S/C15H17N3O3S2/c1-8-9(2)22-15(21)18(8)7-6-12(20)17-14-16-10-4-3-5-11(19)13(10)23-14/h3-7H2,1-2H3,(H,16,17,20). The Morgan fingerprint density at radius 1 is 1.26 bits per heavy atom. The summed E-state index contributed by atoms with van der Waals surface area (Å²) in [6.07, 6.45) is 2.37. The number of carbonyl (C=O) groups excluding carboxylic acids is 2. The minimum absolute atomic E-state index is 0.0388. The number of amides is 1. The molecule has 1 N–H and O–H groups in total. The molecule has 1 aliphatic rings. The Kier molecular flexibility index (Phi) is 4.45. The number of aryl methyl sites for hydroxylation is 2. The molecule has 0 atom stereocenters. The van der Waals surface area contributed by atoms with Crippen LogP contribution in [0, 0.1) is 13.8 Å². The van der Waals surface area contributed by atoms with Crippen LogP contribution in [0.5, 0.6) is 0 Å². The maximum Gasteiger partial charge on any atom is 0.307 e. The van der Waals surface area contributed by atoms with Gasteiger partial charge in [-0.3, -0.25) is 14.4 Å². The number of rotatable bonds is 4. The average Bonchev–Trinajstić information content (AvgIpc) is 3.00. The summed E-state index contributed by atoms with van der Waals surface area (Å²) in [7, 11) is 0. The van der Waals surface area contributed by atoms with E-state index < -0.39 is 0 Å². The number of nitrogens with zero attached hydrogens (tertiary/aromatic N) is 2. The van der Waals surface area contributed by atoms with Gasteiger partial charge in [-0.15, -0.1) is 0 Å². The highest BCUT2D eigenvalue weighted by Gasteiger charge is 2.22. The number of carbonyl (C=O) groups is 2. The van der Waals surface area contributed by atoms with Crippen molar-refractivity contribution in [2.75, 3.05) is 5.32 Å². The lowest BCUT2D eigenvalue weighted by molar-refractivity contribution is -0.116. The Morgan fingerprint density at radius 2 is 2.04 bits per heavy atom. The molecule has 3 rings (SSSR count). The number of nitrogens with one attached hydrogen (secondary N) is 1. The van der Waals surface area contributed by atoms with Crippen molar-refractivity contribution in [3.63, 3.8) is 0 Å². The van der Waals surface area contributed by atoms with Crippen LogP contribution in [-0.4, -0.2) is 21.2 Å². The third-order valence-corrected chi connectivity index (χ3v) is 6.00. The fourth-order valence-electron chi connectivity index (χ4n) is 2.56. The Bertz CT molecular complexity index is 832. The van der Waals surface area contributed by atoms with E-state index in [4.69, 9.17) is 0 Å². The largest absolute Gasteiger partial charge is 0.307 e. The van der Waals surface area contributed by atoms with Crippen molar-refractivity contribution in [1.29, 1.82) is 0 Å². The SMILES string of the molecule is Cc1sc(=O)n(CCC(=O)Nc2nc3c(s2)C(=O)CCC3)c1C. The van der Waals surface area contributed by atoms with Gasteiger partial charge < -0.3 is 9.88 Å². The molecule has 23 heavy (non-hydrogen) atoms. The zero-order chi connectivity index (χ0) is 16.6. The molecule has 0 aliphatic heterocycles. The van der Waals surface area contributed by atoms with E-state index in [0.29, 0.717) is 23.0 Å². The number of Topliss-reactive ketones (excluding diaryl/α,β-unsaturated/α-hetero) is 1. The lowest BCUT2D eigenvalue weighted by atomic mass is 10.0. The second-order valence-corrected chi connectivity index (χ2v) is 7.70. The molecule has 0 aromatic carbocycles. The maximum absolute atomic E-state index is 12.1. The number of ketones is 1. The molecular weight excluding hydrogens is 334 g/mol. The van der Waals surface area contributed by atoms with Crippen LogP contribution >= 0.6 is 22.7 Å². The van der Waals surface area contributed by atoms with E-state index in [-0.39, 0.29) is 23.0 Å². The van der Waals surface area contributed by atoms with Crippen LogP contribution in [0.1, 0.15) is 45.2 Å². The van der Waals surface area contributed by atoms with Gasteiger partial charge in [0.05, 0.1) is 10.6 Å². The molecule has 0 saturated carbocycles. The number of hydrogen-bond acceptors (Lipinski definition) is 6. The molecule has 8 heteroatoms. The molecule has 0 bridgehead atoms. The van der Waals surface area contributed by atoms with E-state index >= 15 is 0 Å². The lowest BCUT2D eigenvalue weighted by Gasteiger charge is -2.05. The first-order valence-corrected chi connectivity index (χ1v) is 9.08. The highest BCUT2D eigenvalue weighted by Crippen LogP contribution is 2.29. The Hall–Kier alpha value is -1.80. The van der Waals surface area contributed by atoms with Gasteiger partial charge in [0.1, 0.15) is 0 Å². The van der Waals surface area contributed by atoms with Crippen molar-refractivity contribution < 1.29 is 9.59 Å². The molecule has 0 spiro atoms. The molecule has 2 aromatic heterocycles. The van der Waals surface area contributed by atoms with Crippen LogP contribution in [0.25, 0.3) is 0 Å². The summed E-state index contributed by atoms with van der Waals surface area (Å²) >= 11 is 2.44. The van der Waals surface area contributed by atoms with Gasteiger partial charge in [0, 0.05) is 30.0 Å². The minimum atomic E-state index is -0.196. The normalized spacial score (nSPS) is 13.9. The van der Waals surface area contributed by atoms with Crippen molar-refractivity contribution in [3.8, 4) is 0 Å². The van der Waals surface area contributed by atoms with Gasteiger partial charge in [-0.1, -0.05) is 22.7 Å². The summed E-state index contributed by atoms with van der Waals surface area (Å²) in [5.74, 6) is -0.0844. The van der Waals surface area contributed by atoms with E-state index in [1.165, 1.54) is 22.7 Å². The number of aromatic nitrogens is 2. The van der Waals surface area contributed by atoms with Crippen LogP contribution in [0.2, 0.25) is 0 Å². The molecule has 1 amide bonds. The molecule has 0 saturated heterocycles. The van der Waals surface area contributed by atoms with Gasteiger partial charge in [-0.2, -0.15) is 0 Å². The van der Waals surface area contributed by atoms with Crippen LogP contribution in [0.4, 0.5) is 5.13 Å². The van der Waals surface area contributed by atoms with Crippen LogP contribution < -0.4 is 10.2 Å². The molecule has 1 aliphatic carbocycles. The lowest BCUT2D eigenvalue weighted by Crippen LogP contribution is -2.20. The predicted octanol–water partition coefficient (Wildman–Crippen LogP) is 2.53. The van der Waals surface area contributed by atoms with Crippen molar-refractivity contribution in [1.82, 2.24) is 9.55 Å². The monoisotopic (exact) mass is 351 g/mol. The second-order valence-electron chi connectivity index (χ2n) is 5.53. The minimum Gasteiger partial charge on any atom is -0.303 e. The highest BCUT2D eigenvalue weighted by atomic mass is 32.1. The van der Waals surface area contributed by atoms with E-state index in [2.05, 4.69) is 10.3 Å². The topological polar surface area (TPSA) is 81.1 Å². The van der Waals surface area contributed by atoms with Crippen LogP contribution in [-0.2, 0) is 17.8 Å². The molecule has 0 radical (unpaired) electrons. The Morgan fingerprint density at radius 3 is 2.70 bits per heavy atom. The van der Waals surface area contributed by atoms with Gasteiger partial charge in [0.15, 0.2) is 10.9 Å². The molecule has 122 valence electrons. The van der Waals surface area contributed by atoms with E-state index in [0.717, 1.165) is 29.1 Å². The summed E-state index contributed by atoms with van der Waals surface area (Å²) in [6, 6.07) is 0. The molecular formula is C15H17N3O3S2. The summed E-state index contributed by atoms with van der Waals surface area (Å²) in [6.45, 7) is 4.13. The average molecular weight is 351 g/mol. The fourth-order valence-corrected chi connectivity index (χ4v) is 4.42. The van der Waals surface area contributed by atoms with Gasteiger partial charge in [-0.05, 0) is 26.7 Å². The van der Waals surface area contributed by atoms with Crippen LogP contribution in [0.15, 0.2) is 4.79 Å². The van der Waals surface area contributed by atoms with E-state index in [9.17, 15) is 14.4 Å². The molecule has 2 aromatic rings. The fraction of sp³-hybridized carbons (Fsp3) is 0.467. The summed E-state index contributed by atoms with van der Waals surface area (Å²) in [5, 5.41) is 3.21. The highest BCUT2D eigenvalue weighted by molar-refractivity contribution is 7.17. The summed E-state index contributed by atoms with van der Waals surface area (Å²) in [5.41, 5.74) is 1.70. The maximum atomic E-state index is 12.1. The molecule has 0 unspecified atom stereocenters. The zero-order valence-electron chi connectivity index (χ0n) is 13.0. The van der Waals surface area contributed by atoms with E-state index in [1.807, 2.05) is 13.8 Å². The molecule has 0 fully saturated rings. The van der Waals surface area contributed by atoms with Crippen molar-refractivity contribution in [2.24, 2.45) is 0 Å². The second kappa shape index (κ2) is 6.37. The van der Waals surface area contributed by atoms with Crippen molar-refractivity contribution in [3.05, 3.63) is 30.8 Å². The first kappa shape index (κ1) is 16.1. The third-order valence-electron chi connectivity index (χ3n) is 3.95. The number of hydrogen-bond donors (Lipinski definition) is 1. The Labute approximate surface area is 141 Å². The van der Waals surface area contributed by atoms with Gasteiger partial charge in [-0.25, -0.2) is 4.98 Å². The number of thiazole rings is 2. The van der Waals surface area contributed by atoms with Crippen LogP contribution in [0.3, 0.4) is 0 Å². The molecule has 6 nitrogen and oxygen atoms in total. The third kappa shape index (κ3) is 3.28. The first-order chi connectivity index (χ1) is 11.0. The quantitative estimate of drug-likeness (QED) is 0.918. The van der Waals surface area contributed by atoms with Crippen molar-refractivity contribution >= 4 is 39.5 Å². The Balaban J connectivity index is 1.64. The summed E-state index contributed by atoms with van der Waals surface area (Å²) < 4.78 is 1.62. The van der Waals surface area contributed by atoms with Gasteiger partial charge in [0.2, 0.25) is 5.91 Å². The molecule has 2 heterocycles. The predicted molar refractivity (Wildman–Crippen MR) is 90.7 cm³/mol. The number of anilines is 1. The van der Waals surface area contributed by atoms with Gasteiger partial charge >= 0.3 is 4.87 Å². The smallest absolute Gasteiger partial charge is 0.303 e. The van der Waals surface area contributed by atoms with E-state index in [1.54, 1.807) is 4.57 Å².